The summed E-state index contributed by atoms with van der Waals surface area (Å²) < 4.78 is 0. The highest BCUT2D eigenvalue weighted by Crippen LogP contribution is 2.41. The first-order valence-electron chi connectivity index (χ1n) is 10.6. The molecule has 0 aromatic heterocycles. The molecule has 0 atom stereocenters. The molecule has 0 aliphatic heterocycles. The van der Waals surface area contributed by atoms with Crippen molar-refractivity contribution in [3.05, 3.63) is 153 Å². The predicted molar refractivity (Wildman–Crippen MR) is 134 cm³/mol. The van der Waals surface area contributed by atoms with E-state index in [1.807, 2.05) is 91.0 Å². The summed E-state index contributed by atoms with van der Waals surface area (Å²) in [5, 5.41) is 11.7. The zero-order valence-electron chi connectivity index (χ0n) is 18.8. The van der Waals surface area contributed by atoms with Crippen molar-refractivity contribution in [2.45, 2.75) is 19.4 Å². The van der Waals surface area contributed by atoms with Crippen LogP contribution in [-0.2, 0) is 5.54 Å². The van der Waals surface area contributed by atoms with E-state index in [1.54, 1.807) is 13.8 Å². The average Bonchev–Trinajstić information content (AvgIpc) is 2.85. The third kappa shape index (κ3) is 4.99. The van der Waals surface area contributed by atoms with Crippen LogP contribution < -0.4 is 5.73 Å². The van der Waals surface area contributed by atoms with Gasteiger partial charge >= 0.3 is 0 Å². The molecule has 0 spiro atoms. The van der Waals surface area contributed by atoms with Crippen molar-refractivity contribution in [1.82, 2.24) is 0 Å². The lowest BCUT2D eigenvalue weighted by Crippen LogP contribution is -2.29. The fourth-order valence-electron chi connectivity index (χ4n) is 3.69. The van der Waals surface area contributed by atoms with Crippen LogP contribution in [0.4, 0.5) is 0 Å². The normalized spacial score (nSPS) is 13.0. The topological polar surface area (TPSA) is 81.5 Å². The van der Waals surface area contributed by atoms with Crippen LogP contribution in [0.3, 0.4) is 0 Å². The molecule has 166 valence electrons. The number of allylic oxidation sites excluding steroid dienone is 3. The van der Waals surface area contributed by atoms with E-state index >= 15 is 0 Å². The molecule has 3 aromatic carbocycles. The highest BCUT2D eigenvalue weighted by Gasteiger charge is 2.36. The SMILES string of the molecule is C=C(C)/C(=C\C(=NC(c1ccccc1)(c1ccccc1)c1ccccc1)/C(C)=C\N)[N+](=O)[O-]. The molecule has 5 nitrogen and oxygen atoms in total. The first-order chi connectivity index (χ1) is 15.9. The molecule has 0 radical (unpaired) electrons. The molecule has 3 aromatic rings. The summed E-state index contributed by atoms with van der Waals surface area (Å²) in [7, 11) is 0. The molecule has 0 heterocycles. The molecule has 0 bridgehead atoms. The number of nitrogens with zero attached hydrogens (tertiary/aromatic N) is 2. The number of hydrogen-bond acceptors (Lipinski definition) is 4. The van der Waals surface area contributed by atoms with Gasteiger partial charge in [-0.05, 0) is 42.3 Å². The van der Waals surface area contributed by atoms with Crippen LogP contribution in [0.25, 0.3) is 0 Å². The summed E-state index contributed by atoms with van der Waals surface area (Å²) in [5.74, 6) is 0. The molecular weight excluding hydrogens is 410 g/mol. The largest absolute Gasteiger partial charge is 0.404 e. The summed E-state index contributed by atoms with van der Waals surface area (Å²) in [6, 6.07) is 29.7. The van der Waals surface area contributed by atoms with Crippen LogP contribution in [0.1, 0.15) is 30.5 Å². The lowest BCUT2D eigenvalue weighted by atomic mass is 9.77. The van der Waals surface area contributed by atoms with Gasteiger partial charge < -0.3 is 5.73 Å². The monoisotopic (exact) mass is 437 g/mol. The number of nitro groups is 1. The molecule has 0 unspecified atom stereocenters. The van der Waals surface area contributed by atoms with Gasteiger partial charge in [0.15, 0.2) is 0 Å². The van der Waals surface area contributed by atoms with Gasteiger partial charge in [-0.1, -0.05) is 97.6 Å². The van der Waals surface area contributed by atoms with Crippen molar-refractivity contribution in [3.63, 3.8) is 0 Å². The molecule has 5 heteroatoms. The quantitative estimate of drug-likeness (QED) is 0.154. The van der Waals surface area contributed by atoms with Gasteiger partial charge in [-0.2, -0.15) is 0 Å². The van der Waals surface area contributed by atoms with Crippen molar-refractivity contribution >= 4 is 5.71 Å². The van der Waals surface area contributed by atoms with Crippen LogP contribution in [0.2, 0.25) is 0 Å². The molecule has 3 rings (SSSR count). The Morgan fingerprint density at radius 1 is 0.879 bits per heavy atom. The van der Waals surface area contributed by atoms with Crippen LogP contribution in [0.15, 0.2) is 132 Å². The maximum Gasteiger partial charge on any atom is 0.273 e. The Morgan fingerprint density at radius 2 is 1.27 bits per heavy atom. The maximum atomic E-state index is 11.7. The molecule has 0 aliphatic rings. The fourth-order valence-corrected chi connectivity index (χ4v) is 3.69. The molecule has 33 heavy (non-hydrogen) atoms. The van der Waals surface area contributed by atoms with Crippen molar-refractivity contribution in [2.75, 3.05) is 0 Å². The van der Waals surface area contributed by atoms with E-state index in [9.17, 15) is 10.1 Å². The van der Waals surface area contributed by atoms with Gasteiger partial charge in [0.05, 0.1) is 10.6 Å². The number of rotatable bonds is 8. The van der Waals surface area contributed by atoms with E-state index in [1.165, 1.54) is 12.3 Å². The summed E-state index contributed by atoms with van der Waals surface area (Å²) in [4.78, 5) is 16.5. The highest BCUT2D eigenvalue weighted by molar-refractivity contribution is 6.09. The second-order valence-corrected chi connectivity index (χ2v) is 7.72. The van der Waals surface area contributed by atoms with Crippen LogP contribution in [-0.4, -0.2) is 10.6 Å². The summed E-state index contributed by atoms with van der Waals surface area (Å²) >= 11 is 0. The number of benzene rings is 3. The van der Waals surface area contributed by atoms with E-state index < -0.39 is 10.5 Å². The minimum atomic E-state index is -0.962. The molecule has 0 fully saturated rings. The Bertz CT molecular complexity index is 1100. The van der Waals surface area contributed by atoms with Gasteiger partial charge in [-0.3, -0.25) is 15.1 Å². The summed E-state index contributed by atoms with van der Waals surface area (Å²) in [6.45, 7) is 7.16. The minimum Gasteiger partial charge on any atom is -0.404 e. The Morgan fingerprint density at radius 3 is 1.58 bits per heavy atom. The van der Waals surface area contributed by atoms with Gasteiger partial charge in [0.2, 0.25) is 0 Å². The third-order valence-electron chi connectivity index (χ3n) is 5.42. The second kappa shape index (κ2) is 10.4. The fraction of sp³-hybridized carbons (Fsp3) is 0.107. The van der Waals surface area contributed by atoms with Gasteiger partial charge in [0.1, 0.15) is 5.54 Å². The van der Waals surface area contributed by atoms with Crippen LogP contribution in [0, 0.1) is 10.1 Å². The Labute approximate surface area is 194 Å². The number of hydrogen-bond donors (Lipinski definition) is 1. The van der Waals surface area contributed by atoms with Gasteiger partial charge in [0.25, 0.3) is 5.70 Å². The van der Waals surface area contributed by atoms with Gasteiger partial charge in [-0.15, -0.1) is 0 Å². The maximum absolute atomic E-state index is 11.7. The summed E-state index contributed by atoms with van der Waals surface area (Å²) in [5.41, 5.74) is 8.93. The van der Waals surface area contributed by atoms with E-state index in [2.05, 4.69) is 6.58 Å². The number of nitrogens with two attached hydrogens (primary N) is 1. The first-order valence-corrected chi connectivity index (χ1v) is 10.6. The van der Waals surface area contributed by atoms with Crippen molar-refractivity contribution in [1.29, 1.82) is 0 Å². The molecule has 0 saturated heterocycles. The lowest BCUT2D eigenvalue weighted by Gasteiger charge is -2.33. The smallest absolute Gasteiger partial charge is 0.273 e. The first kappa shape index (κ1) is 23.4. The lowest BCUT2D eigenvalue weighted by molar-refractivity contribution is -0.420. The third-order valence-corrected chi connectivity index (χ3v) is 5.42. The van der Waals surface area contributed by atoms with Crippen molar-refractivity contribution in [2.24, 2.45) is 10.7 Å². The van der Waals surface area contributed by atoms with Crippen molar-refractivity contribution < 1.29 is 4.92 Å². The van der Waals surface area contributed by atoms with Crippen molar-refractivity contribution in [3.8, 4) is 0 Å². The zero-order valence-corrected chi connectivity index (χ0v) is 18.8. The highest BCUT2D eigenvalue weighted by atomic mass is 16.6. The van der Waals surface area contributed by atoms with E-state index in [-0.39, 0.29) is 5.70 Å². The molecule has 2 N–H and O–H groups in total. The Kier molecular flexibility index (Phi) is 7.36. The molecular formula is C28H27N3O2. The predicted octanol–water partition coefficient (Wildman–Crippen LogP) is 6.02. The van der Waals surface area contributed by atoms with Crippen LogP contribution in [0.5, 0.6) is 0 Å². The van der Waals surface area contributed by atoms with Crippen LogP contribution >= 0.6 is 0 Å². The van der Waals surface area contributed by atoms with Gasteiger partial charge in [0, 0.05) is 11.6 Å². The second-order valence-electron chi connectivity index (χ2n) is 7.72. The number of aliphatic imine (C=N–C) groups is 1. The minimum absolute atomic E-state index is 0.113. The van der Waals surface area contributed by atoms with E-state index in [4.69, 9.17) is 10.7 Å². The molecule has 0 aliphatic carbocycles. The molecule has 0 amide bonds. The Hall–Kier alpha value is -4.25. The molecule has 0 saturated carbocycles. The zero-order chi connectivity index (χ0) is 23.8. The van der Waals surface area contributed by atoms with E-state index in [0.717, 1.165) is 16.7 Å². The average molecular weight is 438 g/mol. The standard InChI is InChI=1S/C28H27N3O2/c1-21(2)27(31(32)33)19-26(22(3)20-29)30-28(23-13-7-4-8-14-23,24-15-9-5-10-16-24)25-17-11-6-12-18-25/h4-20H,1,29H2,2-3H3/b22-20-,27-19+,30-26?. The summed E-state index contributed by atoms with van der Waals surface area (Å²) in [6.07, 6.45) is 2.86. The Balaban J connectivity index is 2.49. The van der Waals surface area contributed by atoms with Gasteiger partial charge in [-0.25, -0.2) is 0 Å². The van der Waals surface area contributed by atoms with E-state index in [0.29, 0.717) is 16.9 Å².